The first-order chi connectivity index (χ1) is 9.84. The normalized spacial score (nSPS) is 20.6. The fourth-order valence-electron chi connectivity index (χ4n) is 3.90. The van der Waals surface area contributed by atoms with Crippen LogP contribution in [0.3, 0.4) is 0 Å². The molecule has 0 radical (unpaired) electrons. The van der Waals surface area contributed by atoms with Gasteiger partial charge in [0.05, 0.1) is 5.69 Å². The molecule has 2 aliphatic rings. The number of imidazole rings is 1. The van der Waals surface area contributed by atoms with E-state index >= 15 is 0 Å². The predicted octanol–water partition coefficient (Wildman–Crippen LogP) is 3.38. The highest BCUT2D eigenvalue weighted by Gasteiger charge is 2.18. The molecule has 0 atom stereocenters. The molecular formula is C17H29N3. The molecule has 1 aromatic heterocycles. The number of hydrogen-bond donors (Lipinski definition) is 1. The van der Waals surface area contributed by atoms with Crippen LogP contribution in [0.15, 0.2) is 0 Å². The van der Waals surface area contributed by atoms with E-state index in [0.717, 1.165) is 19.1 Å². The van der Waals surface area contributed by atoms with Crippen LogP contribution in [0, 0.1) is 6.92 Å². The van der Waals surface area contributed by atoms with Crippen LogP contribution in [0.5, 0.6) is 0 Å². The molecule has 3 heteroatoms. The van der Waals surface area contributed by atoms with Crippen LogP contribution in [0.25, 0.3) is 0 Å². The largest absolute Gasteiger partial charge is 0.331 e. The Bertz CT molecular complexity index is 428. The van der Waals surface area contributed by atoms with Crippen LogP contribution in [0.4, 0.5) is 0 Å². The number of aromatic nitrogens is 2. The monoisotopic (exact) mass is 275 g/mol. The zero-order valence-electron chi connectivity index (χ0n) is 13.0. The van der Waals surface area contributed by atoms with E-state index in [1.165, 1.54) is 81.4 Å². The molecule has 1 aromatic rings. The summed E-state index contributed by atoms with van der Waals surface area (Å²) in [6.45, 7) is 4.38. The molecule has 0 amide bonds. The summed E-state index contributed by atoms with van der Waals surface area (Å²) in [5, 5.41) is 3.79. The Kier molecular flexibility index (Phi) is 4.77. The topological polar surface area (TPSA) is 29.9 Å². The first kappa shape index (κ1) is 14.1. The van der Waals surface area contributed by atoms with Crippen LogP contribution in [0.2, 0.25) is 0 Å². The molecule has 0 spiro atoms. The lowest BCUT2D eigenvalue weighted by molar-refractivity contribution is 0.439. The van der Waals surface area contributed by atoms with E-state index in [0.29, 0.717) is 0 Å². The Labute approximate surface area is 123 Å². The summed E-state index contributed by atoms with van der Waals surface area (Å²) in [6, 6.07) is 0.761. The van der Waals surface area contributed by atoms with Crippen LogP contribution in [-0.2, 0) is 19.4 Å². The summed E-state index contributed by atoms with van der Waals surface area (Å²) >= 11 is 0. The maximum Gasteiger partial charge on any atom is 0.106 e. The number of hydrogen-bond acceptors (Lipinski definition) is 2. The van der Waals surface area contributed by atoms with Crippen molar-refractivity contribution in [2.45, 2.75) is 83.7 Å². The fourth-order valence-corrected chi connectivity index (χ4v) is 3.90. The van der Waals surface area contributed by atoms with Gasteiger partial charge in [0, 0.05) is 24.8 Å². The van der Waals surface area contributed by atoms with Gasteiger partial charge in [-0.05, 0) is 45.4 Å². The molecule has 1 N–H and O–H groups in total. The van der Waals surface area contributed by atoms with E-state index in [1.54, 1.807) is 0 Å². The molecule has 1 heterocycles. The average molecular weight is 275 g/mol. The van der Waals surface area contributed by atoms with Gasteiger partial charge in [-0.15, -0.1) is 0 Å². The number of rotatable bonds is 4. The maximum absolute atomic E-state index is 4.77. The second-order valence-electron chi connectivity index (χ2n) is 6.55. The Morgan fingerprint density at radius 2 is 1.80 bits per heavy atom. The van der Waals surface area contributed by atoms with E-state index in [-0.39, 0.29) is 0 Å². The third-order valence-corrected chi connectivity index (χ3v) is 5.05. The van der Waals surface area contributed by atoms with Crippen molar-refractivity contribution in [3.63, 3.8) is 0 Å². The first-order valence-electron chi connectivity index (χ1n) is 8.63. The lowest BCUT2D eigenvalue weighted by Crippen LogP contribution is -2.32. The standard InChI is InChI=1S/C17H29N3/c1-14-19-16-10-6-7-11-17(16)20(14)13-12-18-15-8-4-2-3-5-9-15/h15,18H,2-13H2,1H3. The van der Waals surface area contributed by atoms with Gasteiger partial charge in [-0.1, -0.05) is 25.7 Å². The van der Waals surface area contributed by atoms with Gasteiger partial charge in [0.25, 0.3) is 0 Å². The second-order valence-corrected chi connectivity index (χ2v) is 6.55. The quantitative estimate of drug-likeness (QED) is 0.854. The maximum atomic E-state index is 4.77. The van der Waals surface area contributed by atoms with Gasteiger partial charge < -0.3 is 9.88 Å². The molecule has 1 fully saturated rings. The summed E-state index contributed by atoms with van der Waals surface area (Å²) in [5.74, 6) is 1.22. The summed E-state index contributed by atoms with van der Waals surface area (Å²) in [5.41, 5.74) is 2.90. The van der Waals surface area contributed by atoms with E-state index in [2.05, 4.69) is 16.8 Å². The molecule has 2 aliphatic carbocycles. The molecule has 0 unspecified atom stereocenters. The molecular weight excluding hydrogens is 246 g/mol. The lowest BCUT2D eigenvalue weighted by atomic mass is 10.0. The van der Waals surface area contributed by atoms with Crippen LogP contribution >= 0.6 is 0 Å². The van der Waals surface area contributed by atoms with Gasteiger partial charge in [0.1, 0.15) is 5.82 Å². The molecule has 20 heavy (non-hydrogen) atoms. The van der Waals surface area contributed by atoms with E-state index in [9.17, 15) is 0 Å². The number of aryl methyl sites for hydroxylation is 2. The van der Waals surface area contributed by atoms with Gasteiger partial charge >= 0.3 is 0 Å². The van der Waals surface area contributed by atoms with Crippen molar-refractivity contribution in [3.8, 4) is 0 Å². The minimum atomic E-state index is 0.761. The van der Waals surface area contributed by atoms with Crippen molar-refractivity contribution in [1.29, 1.82) is 0 Å². The van der Waals surface area contributed by atoms with Gasteiger partial charge in [0.15, 0.2) is 0 Å². The Hall–Kier alpha value is -0.830. The van der Waals surface area contributed by atoms with Crippen molar-refractivity contribution >= 4 is 0 Å². The number of nitrogens with zero attached hydrogens (tertiary/aromatic N) is 2. The van der Waals surface area contributed by atoms with E-state index in [1.807, 2.05) is 0 Å². The molecule has 0 aromatic carbocycles. The van der Waals surface area contributed by atoms with Crippen molar-refractivity contribution < 1.29 is 0 Å². The Balaban J connectivity index is 1.54. The molecule has 0 saturated heterocycles. The highest BCUT2D eigenvalue weighted by Crippen LogP contribution is 2.22. The SMILES string of the molecule is Cc1nc2c(n1CCNC1CCCCCC1)CCCC2. The number of nitrogens with one attached hydrogen (secondary N) is 1. The zero-order chi connectivity index (χ0) is 13.8. The summed E-state index contributed by atoms with van der Waals surface area (Å²) < 4.78 is 2.47. The fraction of sp³-hybridized carbons (Fsp3) is 0.824. The van der Waals surface area contributed by atoms with E-state index < -0.39 is 0 Å². The third kappa shape index (κ3) is 3.25. The molecule has 112 valence electrons. The summed E-state index contributed by atoms with van der Waals surface area (Å²) in [7, 11) is 0. The minimum Gasteiger partial charge on any atom is -0.331 e. The van der Waals surface area contributed by atoms with Crippen LogP contribution in [0.1, 0.15) is 68.6 Å². The van der Waals surface area contributed by atoms with Crippen molar-refractivity contribution in [3.05, 3.63) is 17.2 Å². The van der Waals surface area contributed by atoms with Gasteiger partial charge in [-0.25, -0.2) is 4.98 Å². The van der Waals surface area contributed by atoms with Crippen LogP contribution < -0.4 is 5.32 Å². The molecule has 0 bridgehead atoms. The smallest absolute Gasteiger partial charge is 0.106 e. The summed E-state index contributed by atoms with van der Waals surface area (Å²) in [6.07, 6.45) is 13.5. The lowest BCUT2D eigenvalue weighted by Gasteiger charge is -2.18. The van der Waals surface area contributed by atoms with Crippen LogP contribution in [-0.4, -0.2) is 22.1 Å². The average Bonchev–Trinajstić information content (AvgIpc) is 2.65. The molecule has 3 rings (SSSR count). The number of fused-ring (bicyclic) bond motifs is 1. The second kappa shape index (κ2) is 6.75. The molecule has 0 aliphatic heterocycles. The Morgan fingerprint density at radius 3 is 2.60 bits per heavy atom. The van der Waals surface area contributed by atoms with Crippen molar-refractivity contribution in [2.24, 2.45) is 0 Å². The van der Waals surface area contributed by atoms with Gasteiger partial charge in [-0.2, -0.15) is 0 Å². The highest BCUT2D eigenvalue weighted by molar-refractivity contribution is 5.19. The van der Waals surface area contributed by atoms with Crippen molar-refractivity contribution in [2.75, 3.05) is 6.54 Å². The van der Waals surface area contributed by atoms with E-state index in [4.69, 9.17) is 4.98 Å². The minimum absolute atomic E-state index is 0.761. The zero-order valence-corrected chi connectivity index (χ0v) is 13.0. The Morgan fingerprint density at radius 1 is 1.05 bits per heavy atom. The van der Waals surface area contributed by atoms with Crippen molar-refractivity contribution in [1.82, 2.24) is 14.9 Å². The van der Waals surface area contributed by atoms with Gasteiger partial charge in [-0.3, -0.25) is 0 Å². The predicted molar refractivity (Wildman–Crippen MR) is 83.1 cm³/mol. The molecule has 1 saturated carbocycles. The summed E-state index contributed by atoms with van der Waals surface area (Å²) in [4.78, 5) is 4.77. The third-order valence-electron chi connectivity index (χ3n) is 5.05. The first-order valence-corrected chi connectivity index (χ1v) is 8.63. The molecule has 3 nitrogen and oxygen atoms in total. The highest BCUT2D eigenvalue weighted by atomic mass is 15.1. The van der Waals surface area contributed by atoms with Gasteiger partial charge in [0.2, 0.25) is 0 Å².